The monoisotopic (exact) mass is 411 g/mol. The molecule has 0 aromatic heterocycles. The second-order valence-electron chi connectivity index (χ2n) is 6.32. The standard InChI is InChI=1S/C21H18ClN3O2S/c1-13-3-5-14(6-4-13)11-18-20(27)25(16-9-7-15(22)8-10-16)21(28-18)17(12-23)19(26)24-2/h3-10,18H,11H2,1-2H3,(H,24,26). The second-order valence-corrected chi connectivity index (χ2v) is 7.95. The second kappa shape index (κ2) is 8.51. The van der Waals surface area contributed by atoms with Gasteiger partial charge in [-0.3, -0.25) is 14.5 Å². The maximum Gasteiger partial charge on any atom is 0.264 e. The van der Waals surface area contributed by atoms with E-state index in [2.05, 4.69) is 5.32 Å². The third kappa shape index (κ3) is 4.06. The van der Waals surface area contributed by atoms with Crippen LogP contribution in [0.3, 0.4) is 0 Å². The quantitative estimate of drug-likeness (QED) is 0.613. The first kappa shape index (κ1) is 20.0. The van der Waals surface area contributed by atoms with E-state index in [0.29, 0.717) is 22.2 Å². The van der Waals surface area contributed by atoms with Crippen molar-refractivity contribution in [2.75, 3.05) is 11.9 Å². The van der Waals surface area contributed by atoms with Gasteiger partial charge in [0.15, 0.2) is 0 Å². The van der Waals surface area contributed by atoms with Crippen molar-refractivity contribution in [3.8, 4) is 6.07 Å². The lowest BCUT2D eigenvalue weighted by Crippen LogP contribution is -2.31. The maximum absolute atomic E-state index is 13.2. The van der Waals surface area contributed by atoms with Crippen LogP contribution in [-0.4, -0.2) is 24.1 Å². The zero-order valence-electron chi connectivity index (χ0n) is 15.4. The summed E-state index contributed by atoms with van der Waals surface area (Å²) in [5.41, 5.74) is 2.65. The van der Waals surface area contributed by atoms with Crippen molar-refractivity contribution in [3.05, 3.63) is 75.3 Å². The fourth-order valence-corrected chi connectivity index (χ4v) is 4.31. The van der Waals surface area contributed by atoms with Gasteiger partial charge in [0.1, 0.15) is 16.7 Å². The van der Waals surface area contributed by atoms with Gasteiger partial charge in [0, 0.05) is 17.8 Å². The SMILES string of the molecule is CNC(=O)C(C#N)=C1SC(Cc2ccc(C)cc2)C(=O)N1c1ccc(Cl)cc1. The molecular weight excluding hydrogens is 394 g/mol. The van der Waals surface area contributed by atoms with E-state index >= 15 is 0 Å². The topological polar surface area (TPSA) is 73.2 Å². The summed E-state index contributed by atoms with van der Waals surface area (Å²) in [6.45, 7) is 2.00. The molecule has 2 aromatic rings. The number of benzene rings is 2. The van der Waals surface area contributed by atoms with Crippen molar-refractivity contribution in [2.24, 2.45) is 0 Å². The largest absolute Gasteiger partial charge is 0.354 e. The Bertz CT molecular complexity index is 978. The number of aryl methyl sites for hydroxylation is 1. The molecule has 1 N–H and O–H groups in total. The molecular formula is C21H18ClN3O2S. The average molecular weight is 412 g/mol. The van der Waals surface area contributed by atoms with Crippen LogP contribution in [-0.2, 0) is 16.0 Å². The predicted molar refractivity (Wildman–Crippen MR) is 112 cm³/mol. The minimum absolute atomic E-state index is 0.0813. The van der Waals surface area contributed by atoms with E-state index in [1.807, 2.05) is 37.3 Å². The number of thioether (sulfide) groups is 1. The van der Waals surface area contributed by atoms with Crippen molar-refractivity contribution < 1.29 is 9.59 Å². The lowest BCUT2D eigenvalue weighted by atomic mass is 10.1. The predicted octanol–water partition coefficient (Wildman–Crippen LogP) is 3.82. The van der Waals surface area contributed by atoms with E-state index in [4.69, 9.17) is 11.6 Å². The van der Waals surface area contributed by atoms with Gasteiger partial charge < -0.3 is 5.32 Å². The molecule has 1 atom stereocenters. The molecule has 5 nitrogen and oxygen atoms in total. The van der Waals surface area contributed by atoms with Gasteiger partial charge in [-0.1, -0.05) is 53.2 Å². The lowest BCUT2D eigenvalue weighted by molar-refractivity contribution is -0.117. The van der Waals surface area contributed by atoms with Gasteiger partial charge in [0.25, 0.3) is 5.91 Å². The summed E-state index contributed by atoms with van der Waals surface area (Å²) in [5, 5.41) is 12.5. The molecule has 1 aliphatic rings. The van der Waals surface area contributed by atoms with Crippen LogP contribution in [0.5, 0.6) is 0 Å². The molecule has 0 radical (unpaired) electrons. The normalized spacial score (nSPS) is 18.0. The van der Waals surface area contributed by atoms with Gasteiger partial charge in [0.05, 0.1) is 5.25 Å². The number of nitrogens with zero attached hydrogens (tertiary/aromatic N) is 2. The first-order valence-corrected chi connectivity index (χ1v) is 9.88. The average Bonchev–Trinajstić information content (AvgIpc) is 3.00. The molecule has 1 saturated heterocycles. The van der Waals surface area contributed by atoms with Gasteiger partial charge >= 0.3 is 0 Å². The highest BCUT2D eigenvalue weighted by molar-refractivity contribution is 8.05. The smallest absolute Gasteiger partial charge is 0.264 e. The van der Waals surface area contributed by atoms with Crippen molar-refractivity contribution in [1.29, 1.82) is 5.26 Å². The Labute approximate surface area is 173 Å². The molecule has 7 heteroatoms. The number of hydrogen-bond donors (Lipinski definition) is 1. The zero-order chi connectivity index (χ0) is 20.3. The van der Waals surface area contributed by atoms with Crippen LogP contribution in [0, 0.1) is 18.3 Å². The number of carbonyl (C=O) groups excluding carboxylic acids is 2. The van der Waals surface area contributed by atoms with Gasteiger partial charge in [-0.25, -0.2) is 0 Å². The Balaban J connectivity index is 2.03. The minimum Gasteiger partial charge on any atom is -0.354 e. The van der Waals surface area contributed by atoms with Crippen molar-refractivity contribution in [2.45, 2.75) is 18.6 Å². The highest BCUT2D eigenvalue weighted by Crippen LogP contribution is 2.42. The van der Waals surface area contributed by atoms with Crippen LogP contribution < -0.4 is 10.2 Å². The number of anilines is 1. The number of nitriles is 1. The van der Waals surface area contributed by atoms with Gasteiger partial charge in [-0.05, 0) is 43.2 Å². The molecule has 1 unspecified atom stereocenters. The Kier molecular flexibility index (Phi) is 6.08. The Morgan fingerprint density at radius 1 is 1.21 bits per heavy atom. The Morgan fingerprint density at radius 3 is 2.43 bits per heavy atom. The van der Waals surface area contributed by atoms with Crippen molar-refractivity contribution >= 4 is 40.9 Å². The third-order valence-electron chi connectivity index (χ3n) is 4.36. The van der Waals surface area contributed by atoms with Crippen molar-refractivity contribution in [1.82, 2.24) is 5.32 Å². The highest BCUT2D eigenvalue weighted by atomic mass is 35.5. The molecule has 0 spiro atoms. The first-order chi connectivity index (χ1) is 13.4. The van der Waals surface area contributed by atoms with Gasteiger partial charge in [0.2, 0.25) is 5.91 Å². The number of rotatable bonds is 4. The van der Waals surface area contributed by atoms with Gasteiger partial charge in [-0.15, -0.1) is 0 Å². The number of amides is 2. The summed E-state index contributed by atoms with van der Waals surface area (Å²) >= 11 is 7.21. The maximum atomic E-state index is 13.2. The molecule has 1 aliphatic heterocycles. The number of carbonyl (C=O) groups is 2. The Morgan fingerprint density at radius 2 is 1.86 bits per heavy atom. The van der Waals surface area contributed by atoms with Crippen LogP contribution >= 0.6 is 23.4 Å². The molecule has 2 amide bonds. The van der Waals surface area contributed by atoms with Crippen LogP contribution in [0.4, 0.5) is 5.69 Å². The number of likely N-dealkylation sites (N-methyl/N-ethyl adjacent to an activating group) is 1. The fourth-order valence-electron chi connectivity index (χ4n) is 2.88. The Hall–Kier alpha value is -2.75. The van der Waals surface area contributed by atoms with E-state index in [1.165, 1.54) is 23.7 Å². The molecule has 28 heavy (non-hydrogen) atoms. The van der Waals surface area contributed by atoms with Gasteiger partial charge in [-0.2, -0.15) is 5.26 Å². The summed E-state index contributed by atoms with van der Waals surface area (Å²) in [5.74, 6) is -0.688. The van der Waals surface area contributed by atoms with Crippen LogP contribution in [0.25, 0.3) is 0 Å². The lowest BCUT2D eigenvalue weighted by Gasteiger charge is -2.18. The molecule has 0 saturated carbocycles. The third-order valence-corrected chi connectivity index (χ3v) is 5.87. The van der Waals surface area contributed by atoms with E-state index in [-0.39, 0.29) is 11.5 Å². The highest BCUT2D eigenvalue weighted by Gasteiger charge is 2.40. The summed E-state index contributed by atoms with van der Waals surface area (Å²) in [7, 11) is 1.46. The molecule has 142 valence electrons. The molecule has 2 aromatic carbocycles. The van der Waals surface area contributed by atoms with E-state index < -0.39 is 11.2 Å². The molecule has 0 bridgehead atoms. The number of nitrogens with one attached hydrogen (secondary N) is 1. The van der Waals surface area contributed by atoms with Crippen LogP contribution in [0.2, 0.25) is 5.02 Å². The zero-order valence-corrected chi connectivity index (χ0v) is 17.0. The molecule has 0 aliphatic carbocycles. The number of hydrogen-bond acceptors (Lipinski definition) is 4. The fraction of sp³-hybridized carbons (Fsp3) is 0.190. The summed E-state index contributed by atoms with van der Waals surface area (Å²) in [6.07, 6.45) is 0.504. The molecule has 1 fully saturated rings. The van der Waals surface area contributed by atoms with E-state index in [1.54, 1.807) is 24.3 Å². The van der Waals surface area contributed by atoms with E-state index in [0.717, 1.165) is 11.1 Å². The summed E-state index contributed by atoms with van der Waals surface area (Å²) < 4.78 is 0. The van der Waals surface area contributed by atoms with Crippen LogP contribution in [0.1, 0.15) is 11.1 Å². The number of halogens is 1. The van der Waals surface area contributed by atoms with E-state index in [9.17, 15) is 14.9 Å². The minimum atomic E-state index is -0.521. The summed E-state index contributed by atoms with van der Waals surface area (Å²) in [4.78, 5) is 26.8. The summed E-state index contributed by atoms with van der Waals surface area (Å²) in [6, 6.07) is 16.7. The molecule has 3 rings (SSSR count). The molecule has 1 heterocycles. The first-order valence-electron chi connectivity index (χ1n) is 8.62. The van der Waals surface area contributed by atoms with Crippen LogP contribution in [0.15, 0.2) is 59.1 Å². The van der Waals surface area contributed by atoms with Crippen molar-refractivity contribution in [3.63, 3.8) is 0 Å².